The minimum Gasteiger partial charge on any atom is -0.484 e. The lowest BCUT2D eigenvalue weighted by Gasteiger charge is -2.25. The molecular weight excluding hydrogens is 429 g/mol. The molecule has 0 saturated heterocycles. The fourth-order valence-corrected chi connectivity index (χ4v) is 4.32. The van der Waals surface area contributed by atoms with E-state index >= 15 is 0 Å². The van der Waals surface area contributed by atoms with Crippen LogP contribution in [0.15, 0.2) is 24.3 Å². The van der Waals surface area contributed by atoms with Crippen LogP contribution in [-0.2, 0) is 18.1 Å². The molecule has 0 aliphatic rings. The summed E-state index contributed by atoms with van der Waals surface area (Å²) in [6.45, 7) is 2.99. The second-order valence-electron chi connectivity index (χ2n) is 4.72. The van der Waals surface area contributed by atoms with Crippen LogP contribution in [0.25, 0.3) is 0 Å². The number of ether oxygens (including phenoxy) is 1. The summed E-state index contributed by atoms with van der Waals surface area (Å²) >= 11 is 2.22. The van der Waals surface area contributed by atoms with Crippen LogP contribution in [0.2, 0.25) is 6.04 Å². The van der Waals surface area contributed by atoms with Crippen LogP contribution in [0.4, 0.5) is 0 Å². The Balaban J connectivity index is 2.24. The highest BCUT2D eigenvalue weighted by Crippen LogP contribution is 2.15. The number of rotatable bonds is 11. The van der Waals surface area contributed by atoms with E-state index in [0.717, 1.165) is 9.99 Å². The van der Waals surface area contributed by atoms with Crippen molar-refractivity contribution in [3.8, 4) is 5.75 Å². The van der Waals surface area contributed by atoms with Crippen LogP contribution in [0.5, 0.6) is 5.75 Å². The molecule has 1 amide bonds. The highest BCUT2D eigenvalue weighted by Gasteiger charge is 2.37. The summed E-state index contributed by atoms with van der Waals surface area (Å²) in [5, 5.41) is 2.82. The first-order valence-electron chi connectivity index (χ1n) is 7.44. The lowest BCUT2D eigenvalue weighted by atomic mass is 10.3. The molecule has 0 atom stereocenters. The number of nitrogens with one attached hydrogen (secondary N) is 1. The molecule has 0 aliphatic heterocycles. The molecule has 0 aromatic heterocycles. The average molecular weight is 453 g/mol. The zero-order chi connectivity index (χ0) is 17.1. The average Bonchev–Trinajstić information content (AvgIpc) is 2.57. The van der Waals surface area contributed by atoms with Crippen molar-refractivity contribution in [3.05, 3.63) is 27.8 Å². The van der Waals surface area contributed by atoms with Crippen molar-refractivity contribution in [1.29, 1.82) is 0 Å². The van der Waals surface area contributed by atoms with Crippen molar-refractivity contribution < 1.29 is 22.8 Å². The van der Waals surface area contributed by atoms with E-state index in [1.807, 2.05) is 31.2 Å². The van der Waals surface area contributed by atoms with Gasteiger partial charge in [-0.05, 0) is 60.2 Å². The first kappa shape index (κ1) is 20.4. The van der Waals surface area contributed by atoms with Gasteiger partial charge in [0.2, 0.25) is 0 Å². The van der Waals surface area contributed by atoms with Crippen LogP contribution in [0, 0.1) is 3.57 Å². The second kappa shape index (κ2) is 11.0. The lowest BCUT2D eigenvalue weighted by Crippen LogP contribution is -2.44. The van der Waals surface area contributed by atoms with Crippen LogP contribution < -0.4 is 10.1 Å². The lowest BCUT2D eigenvalue weighted by molar-refractivity contribution is -0.123. The number of benzene rings is 1. The number of amides is 1. The van der Waals surface area contributed by atoms with Crippen molar-refractivity contribution in [2.45, 2.75) is 19.4 Å². The van der Waals surface area contributed by atoms with E-state index in [9.17, 15) is 4.79 Å². The Morgan fingerprint density at radius 2 is 1.87 bits per heavy atom. The third-order valence-corrected chi connectivity index (χ3v) is 6.81. The summed E-state index contributed by atoms with van der Waals surface area (Å²) in [4.78, 5) is 11.8. The highest BCUT2D eigenvalue weighted by atomic mass is 127. The standard InChI is InChI=1S/C15H24INO5Si/c1-4-22-23(19-2,20-3)11-5-10-17-15(18)12-21-14-8-6-13(16)7-9-14/h6-9H,4-5,10-12H2,1-3H3,(H,17,18). The zero-order valence-corrected chi connectivity index (χ0v) is 16.9. The minimum absolute atomic E-state index is 0.00315. The Morgan fingerprint density at radius 1 is 1.22 bits per heavy atom. The molecule has 0 unspecified atom stereocenters. The molecule has 0 spiro atoms. The first-order valence-corrected chi connectivity index (χ1v) is 10.5. The van der Waals surface area contributed by atoms with Gasteiger partial charge >= 0.3 is 8.80 Å². The molecule has 130 valence electrons. The molecule has 0 aliphatic carbocycles. The van der Waals surface area contributed by atoms with Crippen molar-refractivity contribution in [3.63, 3.8) is 0 Å². The number of hydrogen-bond acceptors (Lipinski definition) is 5. The van der Waals surface area contributed by atoms with Crippen molar-refractivity contribution in [2.24, 2.45) is 0 Å². The topological polar surface area (TPSA) is 66.0 Å². The molecule has 0 saturated carbocycles. The molecular formula is C15H24INO5Si. The van der Waals surface area contributed by atoms with Crippen LogP contribution in [0.1, 0.15) is 13.3 Å². The van der Waals surface area contributed by atoms with Gasteiger partial charge in [-0.15, -0.1) is 0 Å². The third-order valence-electron chi connectivity index (χ3n) is 3.15. The number of carbonyl (C=O) groups excluding carboxylic acids is 1. The maximum absolute atomic E-state index is 11.8. The van der Waals surface area contributed by atoms with E-state index in [1.54, 1.807) is 14.2 Å². The predicted octanol–water partition coefficient (Wildman–Crippen LogP) is 2.44. The molecule has 0 radical (unpaired) electrons. The number of carbonyl (C=O) groups is 1. The quantitative estimate of drug-likeness (QED) is 0.317. The number of hydrogen-bond donors (Lipinski definition) is 1. The fraction of sp³-hybridized carbons (Fsp3) is 0.533. The van der Waals surface area contributed by atoms with Crippen molar-refractivity contribution >= 4 is 37.3 Å². The van der Waals surface area contributed by atoms with Gasteiger partial charge in [0.1, 0.15) is 5.75 Å². The maximum atomic E-state index is 11.8. The van der Waals surface area contributed by atoms with E-state index in [-0.39, 0.29) is 12.5 Å². The van der Waals surface area contributed by atoms with Gasteiger partial charge in [-0.3, -0.25) is 4.79 Å². The molecule has 8 heteroatoms. The van der Waals surface area contributed by atoms with Crippen molar-refractivity contribution in [1.82, 2.24) is 5.32 Å². The van der Waals surface area contributed by atoms with Gasteiger partial charge < -0.3 is 23.3 Å². The fourth-order valence-electron chi connectivity index (χ4n) is 1.96. The SMILES string of the molecule is CCO[Si](CCCNC(=O)COc1ccc(I)cc1)(OC)OC. The smallest absolute Gasteiger partial charge is 0.484 e. The van der Waals surface area contributed by atoms with Gasteiger partial charge in [0.15, 0.2) is 6.61 Å². The summed E-state index contributed by atoms with van der Waals surface area (Å²) < 4.78 is 23.0. The Kier molecular flexibility index (Phi) is 9.71. The monoisotopic (exact) mass is 453 g/mol. The van der Waals surface area contributed by atoms with E-state index in [2.05, 4.69) is 27.9 Å². The van der Waals surface area contributed by atoms with Crippen LogP contribution in [0.3, 0.4) is 0 Å². The summed E-state index contributed by atoms with van der Waals surface area (Å²) in [5.74, 6) is 0.532. The summed E-state index contributed by atoms with van der Waals surface area (Å²) in [7, 11) is 0.617. The van der Waals surface area contributed by atoms with E-state index in [0.29, 0.717) is 24.9 Å². The van der Waals surface area contributed by atoms with Gasteiger partial charge in [-0.2, -0.15) is 0 Å². The second-order valence-corrected chi connectivity index (χ2v) is 8.94. The summed E-state index contributed by atoms with van der Waals surface area (Å²) in [6, 6.07) is 8.21. The first-order chi connectivity index (χ1) is 11.0. The molecule has 1 aromatic rings. The molecule has 1 rings (SSSR count). The van der Waals surface area contributed by atoms with Gasteiger partial charge in [-0.25, -0.2) is 0 Å². The molecule has 0 heterocycles. The number of halogens is 1. The Hall–Kier alpha value is -0.683. The van der Waals surface area contributed by atoms with Gasteiger partial charge in [0, 0.05) is 37.0 Å². The summed E-state index contributed by atoms with van der Waals surface area (Å²) in [6.07, 6.45) is 0.725. The minimum atomic E-state index is -2.58. The van der Waals surface area contributed by atoms with Gasteiger partial charge in [0.25, 0.3) is 5.91 Å². The van der Waals surface area contributed by atoms with Crippen LogP contribution in [-0.4, -0.2) is 48.7 Å². The molecule has 1 aromatic carbocycles. The molecule has 1 N–H and O–H groups in total. The zero-order valence-electron chi connectivity index (χ0n) is 13.8. The normalized spacial score (nSPS) is 11.3. The van der Waals surface area contributed by atoms with Gasteiger partial charge in [-0.1, -0.05) is 0 Å². The maximum Gasteiger partial charge on any atom is 0.500 e. The van der Waals surface area contributed by atoms with E-state index < -0.39 is 8.80 Å². The van der Waals surface area contributed by atoms with Crippen LogP contribution >= 0.6 is 22.6 Å². The van der Waals surface area contributed by atoms with Crippen molar-refractivity contribution in [2.75, 3.05) is 34.0 Å². The van der Waals surface area contributed by atoms with E-state index in [4.69, 9.17) is 18.0 Å². The summed E-state index contributed by atoms with van der Waals surface area (Å²) in [5.41, 5.74) is 0. The molecule has 0 bridgehead atoms. The Labute approximate surface area is 152 Å². The largest absolute Gasteiger partial charge is 0.500 e. The molecule has 23 heavy (non-hydrogen) atoms. The Morgan fingerprint density at radius 3 is 2.43 bits per heavy atom. The predicted molar refractivity (Wildman–Crippen MR) is 98.5 cm³/mol. The van der Waals surface area contributed by atoms with E-state index in [1.165, 1.54) is 0 Å². The highest BCUT2D eigenvalue weighted by molar-refractivity contribution is 14.1. The third kappa shape index (κ3) is 7.62. The van der Waals surface area contributed by atoms with Gasteiger partial charge in [0.05, 0.1) is 0 Å². The Bertz CT molecular complexity index is 467. The molecule has 6 nitrogen and oxygen atoms in total. The molecule has 0 fully saturated rings.